The summed E-state index contributed by atoms with van der Waals surface area (Å²) in [5.41, 5.74) is 15.3. The van der Waals surface area contributed by atoms with Crippen molar-refractivity contribution in [3.63, 3.8) is 0 Å². The molecule has 0 saturated heterocycles. The number of carboxylic acids is 1. The van der Waals surface area contributed by atoms with E-state index < -0.39 is 48.3 Å². The van der Waals surface area contributed by atoms with E-state index >= 15 is 0 Å². The van der Waals surface area contributed by atoms with Crippen molar-refractivity contribution in [2.24, 2.45) is 22.2 Å². The molecule has 0 saturated carbocycles. The number of carbonyl (C=O) groups is 2. The number of hydrogen-bond donors (Lipinski definition) is 8. The lowest BCUT2D eigenvalue weighted by Crippen LogP contribution is -2.31. The van der Waals surface area contributed by atoms with Gasteiger partial charge in [-0.1, -0.05) is 0 Å². The van der Waals surface area contributed by atoms with Gasteiger partial charge in [-0.25, -0.2) is 4.79 Å². The van der Waals surface area contributed by atoms with Crippen molar-refractivity contribution in [1.29, 1.82) is 0 Å². The lowest BCUT2D eigenvalue weighted by molar-refractivity contribution is -0.147. The van der Waals surface area contributed by atoms with Gasteiger partial charge in [-0.2, -0.15) is 0 Å². The van der Waals surface area contributed by atoms with Gasteiger partial charge in [0.25, 0.3) is 0 Å². The fourth-order valence-corrected chi connectivity index (χ4v) is 1.47. The summed E-state index contributed by atoms with van der Waals surface area (Å²) in [5, 5.41) is 43.4. The second-order valence-electron chi connectivity index (χ2n) is 4.70. The molecule has 1 unspecified atom stereocenters. The van der Waals surface area contributed by atoms with Crippen molar-refractivity contribution in [2.45, 2.75) is 31.1 Å². The molecule has 0 radical (unpaired) electrons. The Balaban J connectivity index is 0.000000441. The van der Waals surface area contributed by atoms with E-state index in [-0.39, 0.29) is 5.96 Å². The van der Waals surface area contributed by atoms with Gasteiger partial charge in [0, 0.05) is 6.54 Å². The molecule has 12 nitrogen and oxygen atoms in total. The molecular formula is C12H22N4O8. The second-order valence-corrected chi connectivity index (χ2v) is 4.70. The summed E-state index contributed by atoms with van der Waals surface area (Å²) in [7, 11) is 0. The van der Waals surface area contributed by atoms with E-state index in [9.17, 15) is 9.59 Å². The average Bonchev–Trinajstić information content (AvgIpc) is 2.78. The number of nitrogens with two attached hydrogens (primary N) is 3. The highest BCUT2D eigenvalue weighted by molar-refractivity contribution is 5.89. The van der Waals surface area contributed by atoms with Crippen molar-refractivity contribution in [3.05, 3.63) is 11.5 Å². The van der Waals surface area contributed by atoms with Gasteiger partial charge in [0.05, 0.1) is 6.61 Å². The van der Waals surface area contributed by atoms with Gasteiger partial charge in [-0.05, 0) is 12.8 Å². The highest BCUT2D eigenvalue weighted by atomic mass is 16.6. The molecule has 24 heavy (non-hydrogen) atoms. The first-order valence-corrected chi connectivity index (χ1v) is 6.77. The summed E-state index contributed by atoms with van der Waals surface area (Å²) < 4.78 is 4.32. The summed E-state index contributed by atoms with van der Waals surface area (Å²) in [6, 6.07) is -0.820. The molecular weight excluding hydrogens is 328 g/mol. The molecule has 12 heteroatoms. The number of aliphatic hydroxyl groups excluding tert-OH is 4. The Labute approximate surface area is 136 Å². The Morgan fingerprint density at radius 2 is 1.92 bits per heavy atom. The third-order valence-corrected chi connectivity index (χ3v) is 2.76. The Hall–Kier alpha value is -2.57. The zero-order valence-electron chi connectivity index (χ0n) is 12.7. The minimum Gasteiger partial charge on any atom is -0.505 e. The van der Waals surface area contributed by atoms with E-state index in [2.05, 4.69) is 9.73 Å². The molecule has 0 fully saturated rings. The number of esters is 1. The topological polar surface area (TPSA) is 235 Å². The fourth-order valence-electron chi connectivity index (χ4n) is 1.47. The Morgan fingerprint density at radius 1 is 1.33 bits per heavy atom. The van der Waals surface area contributed by atoms with Crippen LogP contribution in [0.1, 0.15) is 12.8 Å². The molecule has 138 valence electrons. The summed E-state index contributed by atoms with van der Waals surface area (Å²) in [6.45, 7) is -0.251. The van der Waals surface area contributed by atoms with Gasteiger partial charge in [-0.15, -0.1) is 0 Å². The van der Waals surface area contributed by atoms with Crippen molar-refractivity contribution >= 4 is 17.9 Å². The first-order chi connectivity index (χ1) is 11.1. The van der Waals surface area contributed by atoms with Crippen molar-refractivity contribution in [2.75, 3.05) is 13.2 Å². The lowest BCUT2D eigenvalue weighted by atomic mass is 10.2. The van der Waals surface area contributed by atoms with E-state index in [1.165, 1.54) is 0 Å². The largest absolute Gasteiger partial charge is 0.505 e. The summed E-state index contributed by atoms with van der Waals surface area (Å²) in [5.74, 6) is -3.77. The normalized spacial score (nSPS) is 19.0. The molecule has 1 aliphatic rings. The predicted octanol–water partition coefficient (Wildman–Crippen LogP) is -2.96. The van der Waals surface area contributed by atoms with Crippen LogP contribution in [0.5, 0.6) is 0 Å². The Kier molecular flexibility index (Phi) is 9.15. The first-order valence-electron chi connectivity index (χ1n) is 6.77. The highest BCUT2D eigenvalue weighted by Gasteiger charge is 2.38. The quantitative estimate of drug-likeness (QED) is 0.0999. The molecule has 0 aromatic heterocycles. The van der Waals surface area contributed by atoms with Crippen LogP contribution in [0, 0.1) is 0 Å². The van der Waals surface area contributed by atoms with Crippen LogP contribution in [0.3, 0.4) is 0 Å². The number of hydrogen-bond acceptors (Lipinski definition) is 9. The molecule has 11 N–H and O–H groups in total. The summed E-state index contributed by atoms with van der Waals surface area (Å²) >= 11 is 0. The fraction of sp³-hybridized carbons (Fsp3) is 0.583. The van der Waals surface area contributed by atoms with E-state index in [0.29, 0.717) is 19.4 Å². The van der Waals surface area contributed by atoms with Crippen molar-refractivity contribution in [3.8, 4) is 0 Å². The molecule has 0 aromatic carbocycles. The number of carbonyl (C=O) groups excluding carboxylic acids is 1. The van der Waals surface area contributed by atoms with Crippen molar-refractivity contribution < 1.29 is 39.9 Å². The SMILES string of the molecule is NC(N)=NCCC[C@H](N)C(=O)O.O=C1OC([C@@H](O)CO)C(O)=C1O. The number of aliphatic carboxylic acids is 1. The minimum atomic E-state index is -1.42. The van der Waals surface area contributed by atoms with Crippen LogP contribution < -0.4 is 17.2 Å². The van der Waals surface area contributed by atoms with Crippen LogP contribution >= 0.6 is 0 Å². The standard InChI is InChI=1S/C6H14N4O2.C6H8O6/c7-4(5(11)12)2-1-3-10-6(8)9;7-1-2(8)5-3(9)4(10)6(11)12-5/h4H,1-3,7H2,(H,11,12)(H4,8,9,10);2,5,7-10H,1H2/t4-;2-,5?/m00/s1. The molecule has 1 rings (SSSR count). The van der Waals surface area contributed by atoms with Gasteiger partial charge in [0.2, 0.25) is 5.76 Å². The average molecular weight is 350 g/mol. The number of aliphatic hydroxyl groups is 4. The molecule has 0 amide bonds. The Morgan fingerprint density at radius 3 is 2.29 bits per heavy atom. The summed E-state index contributed by atoms with van der Waals surface area (Å²) in [4.78, 5) is 24.4. The van der Waals surface area contributed by atoms with E-state index in [4.69, 9.17) is 42.7 Å². The number of rotatable bonds is 7. The zero-order chi connectivity index (χ0) is 18.9. The van der Waals surface area contributed by atoms with E-state index in [0.717, 1.165) is 0 Å². The van der Waals surface area contributed by atoms with Gasteiger partial charge >= 0.3 is 11.9 Å². The maximum atomic E-state index is 10.5. The van der Waals surface area contributed by atoms with Crippen LogP contribution in [0.25, 0.3) is 0 Å². The summed E-state index contributed by atoms with van der Waals surface area (Å²) in [6.07, 6.45) is -1.82. The maximum absolute atomic E-state index is 10.5. The van der Waals surface area contributed by atoms with Crippen LogP contribution in [0.2, 0.25) is 0 Å². The number of nitrogens with zero attached hydrogens (tertiary/aromatic N) is 1. The third-order valence-electron chi connectivity index (χ3n) is 2.76. The van der Waals surface area contributed by atoms with Crippen LogP contribution in [0.15, 0.2) is 16.5 Å². The maximum Gasteiger partial charge on any atom is 0.377 e. The van der Waals surface area contributed by atoms with E-state index in [1.54, 1.807) is 0 Å². The van der Waals surface area contributed by atoms with Crippen LogP contribution in [-0.4, -0.2) is 74.8 Å². The molecule has 0 spiro atoms. The predicted molar refractivity (Wildman–Crippen MR) is 80.8 cm³/mol. The minimum absolute atomic E-state index is 0.0129. The Bertz CT molecular complexity index is 503. The number of carboxylic acid groups (broad SMARTS) is 1. The van der Waals surface area contributed by atoms with Gasteiger partial charge in [-0.3, -0.25) is 9.79 Å². The number of cyclic esters (lactones) is 1. The number of ether oxygens (including phenoxy) is 1. The molecule has 1 aliphatic heterocycles. The molecule has 3 atom stereocenters. The zero-order valence-corrected chi connectivity index (χ0v) is 12.7. The second kappa shape index (κ2) is 10.3. The van der Waals surface area contributed by atoms with Gasteiger partial charge < -0.3 is 47.5 Å². The smallest absolute Gasteiger partial charge is 0.377 e. The first kappa shape index (κ1) is 21.4. The third kappa shape index (κ3) is 7.13. The van der Waals surface area contributed by atoms with Crippen LogP contribution in [-0.2, 0) is 14.3 Å². The van der Waals surface area contributed by atoms with Crippen LogP contribution in [0.4, 0.5) is 0 Å². The lowest BCUT2D eigenvalue weighted by Gasteiger charge is -2.13. The molecule has 0 aliphatic carbocycles. The number of guanidine groups is 1. The molecule has 0 bridgehead atoms. The van der Waals surface area contributed by atoms with Gasteiger partial charge in [0.1, 0.15) is 12.1 Å². The van der Waals surface area contributed by atoms with Gasteiger partial charge in [0.15, 0.2) is 17.8 Å². The highest BCUT2D eigenvalue weighted by Crippen LogP contribution is 2.20. The molecule has 1 heterocycles. The van der Waals surface area contributed by atoms with Crippen molar-refractivity contribution in [1.82, 2.24) is 0 Å². The monoisotopic (exact) mass is 350 g/mol. The number of aliphatic imine (C=N–C) groups is 1. The van der Waals surface area contributed by atoms with E-state index in [1.807, 2.05) is 0 Å². The molecule has 0 aromatic rings.